The highest BCUT2D eigenvalue weighted by molar-refractivity contribution is 5.86. The lowest BCUT2D eigenvalue weighted by atomic mass is 10.1. The second-order valence-corrected chi connectivity index (χ2v) is 3.95. The minimum atomic E-state index is -0.279. The van der Waals surface area contributed by atoms with E-state index in [1.165, 1.54) is 38.2 Å². The largest absolute Gasteiger partial charge is 0.423 e. The van der Waals surface area contributed by atoms with Crippen molar-refractivity contribution in [1.82, 2.24) is 0 Å². The molecule has 1 aliphatic heterocycles. The number of rotatable bonds is 7. The molecule has 2 heteroatoms. The van der Waals surface area contributed by atoms with E-state index in [1.54, 1.807) is 6.08 Å². The number of carbonyl (C=O) groups excluding carboxylic acids is 1. The molecule has 1 aliphatic rings. The number of ether oxygens (including phenoxy) is 1. The van der Waals surface area contributed by atoms with Gasteiger partial charge in [-0.15, -0.1) is 0 Å². The molecule has 0 amide bonds. The molecule has 0 saturated heterocycles. The second-order valence-electron chi connectivity index (χ2n) is 3.95. The molecule has 2 nitrogen and oxygen atoms in total. The van der Waals surface area contributed by atoms with Crippen molar-refractivity contribution in [2.75, 3.05) is 0 Å². The topological polar surface area (TPSA) is 26.3 Å². The standard InChI is InChI=1S/C14H20O2/c1-2-3-4-5-6-7-8-9-10-13-11-12-14(15)16-13/h8-12H,2-7H2,1H3/b9-8?,13-10-. The lowest BCUT2D eigenvalue weighted by Crippen LogP contribution is -1.89. The highest BCUT2D eigenvalue weighted by Gasteiger charge is 2.06. The van der Waals surface area contributed by atoms with Crippen molar-refractivity contribution in [3.05, 3.63) is 36.1 Å². The maximum Gasteiger partial charge on any atom is 0.336 e. The molecule has 0 aromatic carbocycles. The van der Waals surface area contributed by atoms with E-state index in [9.17, 15) is 4.79 Å². The van der Waals surface area contributed by atoms with Crippen LogP contribution in [-0.4, -0.2) is 5.97 Å². The van der Waals surface area contributed by atoms with E-state index in [2.05, 4.69) is 13.0 Å². The van der Waals surface area contributed by atoms with Crippen LogP contribution in [0.4, 0.5) is 0 Å². The molecule has 88 valence electrons. The minimum absolute atomic E-state index is 0.279. The number of esters is 1. The number of carbonyl (C=O) groups is 1. The van der Waals surface area contributed by atoms with Gasteiger partial charge in [0.15, 0.2) is 0 Å². The molecule has 0 spiro atoms. The summed E-state index contributed by atoms with van der Waals surface area (Å²) >= 11 is 0. The lowest BCUT2D eigenvalue weighted by Gasteiger charge is -1.95. The highest BCUT2D eigenvalue weighted by atomic mass is 16.5. The zero-order valence-corrected chi connectivity index (χ0v) is 9.95. The predicted molar refractivity (Wildman–Crippen MR) is 65.8 cm³/mol. The Morgan fingerprint density at radius 3 is 2.69 bits per heavy atom. The third kappa shape index (κ3) is 5.54. The Bertz CT molecular complexity index is 298. The van der Waals surface area contributed by atoms with Gasteiger partial charge in [0.1, 0.15) is 5.76 Å². The van der Waals surface area contributed by atoms with Crippen LogP contribution in [0.25, 0.3) is 0 Å². The molecule has 1 heterocycles. The van der Waals surface area contributed by atoms with Crippen LogP contribution in [0.3, 0.4) is 0 Å². The Hall–Kier alpha value is -1.31. The molecule has 0 N–H and O–H groups in total. The van der Waals surface area contributed by atoms with Crippen LogP contribution in [0.15, 0.2) is 36.1 Å². The van der Waals surface area contributed by atoms with Gasteiger partial charge in [-0.3, -0.25) is 0 Å². The molecular formula is C14H20O2. The van der Waals surface area contributed by atoms with E-state index in [0.29, 0.717) is 5.76 Å². The van der Waals surface area contributed by atoms with Crippen LogP contribution >= 0.6 is 0 Å². The average Bonchev–Trinajstić information content (AvgIpc) is 2.68. The van der Waals surface area contributed by atoms with Gasteiger partial charge in [-0.2, -0.15) is 0 Å². The molecule has 0 aromatic rings. The molecule has 1 rings (SSSR count). The Labute approximate surface area is 97.7 Å². The van der Waals surface area contributed by atoms with Gasteiger partial charge < -0.3 is 4.74 Å². The molecule has 0 radical (unpaired) electrons. The van der Waals surface area contributed by atoms with Gasteiger partial charge in [0.05, 0.1) is 0 Å². The first kappa shape index (κ1) is 12.8. The maximum absolute atomic E-state index is 10.7. The Morgan fingerprint density at radius 1 is 1.19 bits per heavy atom. The third-order valence-electron chi connectivity index (χ3n) is 2.47. The van der Waals surface area contributed by atoms with Gasteiger partial charge in [-0.25, -0.2) is 4.79 Å². The second kappa shape index (κ2) is 7.91. The molecule has 0 fully saturated rings. The molecule has 0 bridgehead atoms. The summed E-state index contributed by atoms with van der Waals surface area (Å²) in [6, 6.07) is 0. The first-order valence-electron chi connectivity index (χ1n) is 6.09. The Balaban J connectivity index is 2.05. The summed E-state index contributed by atoms with van der Waals surface area (Å²) in [7, 11) is 0. The van der Waals surface area contributed by atoms with Crippen LogP contribution in [0.2, 0.25) is 0 Å². The molecular weight excluding hydrogens is 200 g/mol. The number of allylic oxidation sites excluding steroid dienone is 4. The van der Waals surface area contributed by atoms with E-state index in [4.69, 9.17) is 4.74 Å². The zero-order valence-electron chi connectivity index (χ0n) is 9.95. The molecule has 0 aliphatic carbocycles. The quantitative estimate of drug-likeness (QED) is 0.480. The summed E-state index contributed by atoms with van der Waals surface area (Å²) in [5.74, 6) is 0.353. The number of hydrogen-bond donors (Lipinski definition) is 0. The van der Waals surface area contributed by atoms with Crippen LogP contribution in [0.1, 0.15) is 45.4 Å². The van der Waals surface area contributed by atoms with Crippen molar-refractivity contribution in [1.29, 1.82) is 0 Å². The lowest BCUT2D eigenvalue weighted by molar-refractivity contribution is -0.132. The number of hydrogen-bond acceptors (Lipinski definition) is 2. The normalized spacial score (nSPS) is 17.6. The average molecular weight is 220 g/mol. The Morgan fingerprint density at radius 2 is 2.00 bits per heavy atom. The summed E-state index contributed by atoms with van der Waals surface area (Å²) in [6.45, 7) is 2.22. The monoisotopic (exact) mass is 220 g/mol. The number of cyclic esters (lactones) is 1. The smallest absolute Gasteiger partial charge is 0.336 e. The van der Waals surface area contributed by atoms with Crippen LogP contribution in [0, 0.1) is 0 Å². The molecule has 0 atom stereocenters. The number of unbranched alkanes of at least 4 members (excludes halogenated alkanes) is 5. The minimum Gasteiger partial charge on any atom is -0.423 e. The van der Waals surface area contributed by atoms with Gasteiger partial charge in [-0.05, 0) is 25.0 Å². The van der Waals surface area contributed by atoms with Crippen LogP contribution in [-0.2, 0) is 9.53 Å². The van der Waals surface area contributed by atoms with Crippen molar-refractivity contribution >= 4 is 5.97 Å². The van der Waals surface area contributed by atoms with Crippen molar-refractivity contribution in [2.24, 2.45) is 0 Å². The van der Waals surface area contributed by atoms with Crippen molar-refractivity contribution < 1.29 is 9.53 Å². The fraction of sp³-hybridized carbons (Fsp3) is 0.500. The molecule has 0 aromatic heterocycles. The molecule has 0 unspecified atom stereocenters. The van der Waals surface area contributed by atoms with E-state index in [1.807, 2.05) is 12.2 Å². The van der Waals surface area contributed by atoms with Crippen LogP contribution < -0.4 is 0 Å². The zero-order chi connectivity index (χ0) is 11.6. The Kier molecular flexibility index (Phi) is 6.31. The van der Waals surface area contributed by atoms with Gasteiger partial charge >= 0.3 is 5.97 Å². The fourth-order valence-electron chi connectivity index (χ4n) is 1.55. The first-order chi connectivity index (χ1) is 7.83. The molecule has 16 heavy (non-hydrogen) atoms. The SMILES string of the molecule is CCCCCCCC=C/C=C1/C=CC(=O)O1. The van der Waals surface area contributed by atoms with E-state index < -0.39 is 0 Å². The highest BCUT2D eigenvalue weighted by Crippen LogP contribution is 2.09. The van der Waals surface area contributed by atoms with E-state index in [0.717, 1.165) is 6.42 Å². The predicted octanol–water partition coefficient (Wildman–Crippen LogP) is 3.90. The third-order valence-corrected chi connectivity index (χ3v) is 2.47. The van der Waals surface area contributed by atoms with Crippen molar-refractivity contribution in [2.45, 2.75) is 45.4 Å². The van der Waals surface area contributed by atoms with Crippen molar-refractivity contribution in [3.8, 4) is 0 Å². The van der Waals surface area contributed by atoms with Crippen molar-refractivity contribution in [3.63, 3.8) is 0 Å². The summed E-state index contributed by atoms with van der Waals surface area (Å²) < 4.78 is 4.88. The molecule has 0 saturated carbocycles. The fourth-order valence-corrected chi connectivity index (χ4v) is 1.55. The van der Waals surface area contributed by atoms with Crippen LogP contribution in [0.5, 0.6) is 0 Å². The summed E-state index contributed by atoms with van der Waals surface area (Å²) in [4.78, 5) is 10.7. The summed E-state index contributed by atoms with van der Waals surface area (Å²) in [5.41, 5.74) is 0. The van der Waals surface area contributed by atoms with Gasteiger partial charge in [0.25, 0.3) is 0 Å². The first-order valence-corrected chi connectivity index (χ1v) is 6.09. The summed E-state index contributed by atoms with van der Waals surface area (Å²) in [5, 5.41) is 0. The maximum atomic E-state index is 10.7. The van der Waals surface area contributed by atoms with Gasteiger partial charge in [0.2, 0.25) is 0 Å². The van der Waals surface area contributed by atoms with Gasteiger partial charge in [0, 0.05) is 6.08 Å². The van der Waals surface area contributed by atoms with E-state index >= 15 is 0 Å². The van der Waals surface area contributed by atoms with Gasteiger partial charge in [-0.1, -0.05) is 44.8 Å². The summed E-state index contributed by atoms with van der Waals surface area (Å²) in [6.07, 6.45) is 16.7. The van der Waals surface area contributed by atoms with E-state index in [-0.39, 0.29) is 5.97 Å².